The molecule has 1 N–H and O–H groups in total. The van der Waals surface area contributed by atoms with Crippen LogP contribution in [0.25, 0.3) is 0 Å². The summed E-state index contributed by atoms with van der Waals surface area (Å²) in [5, 5.41) is 2.70. The first-order valence-electron chi connectivity index (χ1n) is 13.2. The molecule has 0 aliphatic carbocycles. The standard InChI is InChI=1S/C26H27N3O5/c1-17-5-10-22(25(31)27-17)29-14-21-20(26(29)32)3-2-4-23(21)34-15-19-8-6-18(7-9-19)13-28-11-12-33-16-24(28)30/h2-4,6-9,22H,1,5,10-16H2,(H,27,31)/i6D,8D,13D,15D. The van der Waals surface area contributed by atoms with Gasteiger partial charge in [0.05, 0.1) is 18.6 Å². The number of benzene rings is 2. The molecule has 5 rings (SSSR count). The first-order chi connectivity index (χ1) is 18.2. The highest BCUT2D eigenvalue weighted by atomic mass is 16.5. The Morgan fingerprint density at radius 1 is 1.21 bits per heavy atom. The number of nitrogens with one attached hydrogen (secondary N) is 1. The normalized spacial score (nSPS) is 23.9. The lowest BCUT2D eigenvalue weighted by molar-refractivity contribution is -0.143. The van der Waals surface area contributed by atoms with Crippen LogP contribution < -0.4 is 10.1 Å². The zero-order valence-corrected chi connectivity index (χ0v) is 18.5. The summed E-state index contributed by atoms with van der Waals surface area (Å²) in [5.74, 6) is -0.647. The van der Waals surface area contributed by atoms with Crippen LogP contribution in [0.3, 0.4) is 0 Å². The summed E-state index contributed by atoms with van der Waals surface area (Å²) in [7, 11) is 0. The number of carbonyl (C=O) groups is 3. The first-order valence-corrected chi connectivity index (χ1v) is 11.1. The van der Waals surface area contributed by atoms with E-state index in [9.17, 15) is 14.4 Å². The Morgan fingerprint density at radius 2 is 2.03 bits per heavy atom. The fourth-order valence-electron chi connectivity index (χ4n) is 4.26. The van der Waals surface area contributed by atoms with Gasteiger partial charge in [0.25, 0.3) is 5.91 Å². The van der Waals surface area contributed by atoms with Crippen molar-refractivity contribution in [1.29, 1.82) is 0 Å². The number of rotatable bonds is 6. The zero-order chi connectivity index (χ0) is 27.1. The summed E-state index contributed by atoms with van der Waals surface area (Å²) >= 11 is 0. The van der Waals surface area contributed by atoms with E-state index >= 15 is 0 Å². The van der Waals surface area contributed by atoms with Gasteiger partial charge in [-0.1, -0.05) is 36.9 Å². The number of amides is 3. The summed E-state index contributed by atoms with van der Waals surface area (Å²) in [6.07, 6.45) is 1.04. The van der Waals surface area contributed by atoms with Crippen molar-refractivity contribution in [3.63, 3.8) is 0 Å². The smallest absolute Gasteiger partial charge is 0.255 e. The summed E-state index contributed by atoms with van der Waals surface area (Å²) in [6, 6.07) is 6.68. The summed E-state index contributed by atoms with van der Waals surface area (Å²) in [6.45, 7) is 1.77. The lowest BCUT2D eigenvalue weighted by atomic mass is 10.0. The molecule has 0 bridgehead atoms. The molecule has 8 heteroatoms. The Bertz CT molecular complexity index is 1340. The second-order valence-corrected chi connectivity index (χ2v) is 8.36. The van der Waals surface area contributed by atoms with E-state index < -0.39 is 19.1 Å². The third-order valence-corrected chi connectivity index (χ3v) is 6.07. The summed E-state index contributed by atoms with van der Waals surface area (Å²) in [4.78, 5) is 40.5. The van der Waals surface area contributed by atoms with Gasteiger partial charge < -0.3 is 24.6 Å². The van der Waals surface area contributed by atoms with E-state index in [1.807, 2.05) is 0 Å². The molecule has 3 amide bonds. The van der Waals surface area contributed by atoms with Crippen LogP contribution in [0, 0.1) is 0 Å². The van der Waals surface area contributed by atoms with E-state index in [2.05, 4.69) is 11.9 Å². The number of morpholine rings is 1. The molecular formula is C26H27N3O5. The van der Waals surface area contributed by atoms with E-state index in [-0.39, 0.29) is 66.4 Å². The quantitative estimate of drug-likeness (QED) is 0.708. The molecular weight excluding hydrogens is 434 g/mol. The number of fused-ring (bicyclic) bond motifs is 1. The average Bonchev–Trinajstić information content (AvgIpc) is 3.22. The highest BCUT2D eigenvalue weighted by molar-refractivity contribution is 6.02. The minimum Gasteiger partial charge on any atom is -0.489 e. The highest BCUT2D eigenvalue weighted by Crippen LogP contribution is 2.34. The topological polar surface area (TPSA) is 88.2 Å². The Labute approximate surface area is 203 Å². The predicted octanol–water partition coefficient (Wildman–Crippen LogP) is 2.37. The number of allylic oxidation sites excluding steroid dienone is 1. The van der Waals surface area contributed by atoms with Gasteiger partial charge in [0.1, 0.15) is 25.0 Å². The van der Waals surface area contributed by atoms with Crippen LogP contribution in [-0.4, -0.2) is 53.3 Å². The maximum absolute atomic E-state index is 13.1. The van der Waals surface area contributed by atoms with Gasteiger partial charge in [-0.25, -0.2) is 0 Å². The number of hydrogen-bond donors (Lipinski definition) is 1. The largest absolute Gasteiger partial charge is 0.489 e. The SMILES string of the molecule is [2H]c1c(C([2H])Oc2cccc3c2CN(C2CCC(=C)NC2=O)C3=O)ccc(C([2H])N2CCOCC2=O)c1[2H]. The van der Waals surface area contributed by atoms with E-state index in [4.69, 9.17) is 15.0 Å². The maximum Gasteiger partial charge on any atom is 0.255 e. The first kappa shape index (κ1) is 17.8. The third-order valence-electron chi connectivity index (χ3n) is 6.07. The monoisotopic (exact) mass is 465 g/mol. The van der Waals surface area contributed by atoms with Gasteiger partial charge >= 0.3 is 0 Å². The van der Waals surface area contributed by atoms with Crippen molar-refractivity contribution in [2.75, 3.05) is 19.8 Å². The van der Waals surface area contributed by atoms with Crippen LogP contribution in [0.2, 0.25) is 0 Å². The van der Waals surface area contributed by atoms with Gasteiger partial charge in [-0.05, 0) is 36.1 Å². The van der Waals surface area contributed by atoms with Crippen molar-refractivity contribution in [3.8, 4) is 5.75 Å². The molecule has 2 saturated heterocycles. The van der Waals surface area contributed by atoms with E-state index in [0.717, 1.165) is 0 Å². The molecule has 0 aromatic heterocycles. The van der Waals surface area contributed by atoms with Crippen molar-refractivity contribution >= 4 is 17.7 Å². The van der Waals surface area contributed by atoms with E-state index in [1.54, 1.807) is 18.2 Å². The molecule has 34 heavy (non-hydrogen) atoms. The number of piperidine rings is 1. The molecule has 3 aliphatic rings. The highest BCUT2D eigenvalue weighted by Gasteiger charge is 2.39. The van der Waals surface area contributed by atoms with Crippen molar-refractivity contribution < 1.29 is 29.3 Å². The van der Waals surface area contributed by atoms with Crippen LogP contribution in [0.5, 0.6) is 5.75 Å². The molecule has 0 radical (unpaired) electrons. The molecule has 0 saturated carbocycles. The predicted molar refractivity (Wildman–Crippen MR) is 124 cm³/mol. The summed E-state index contributed by atoms with van der Waals surface area (Å²) < 4.78 is 44.9. The number of hydrogen-bond acceptors (Lipinski definition) is 5. The van der Waals surface area contributed by atoms with E-state index in [0.29, 0.717) is 36.3 Å². The van der Waals surface area contributed by atoms with Gasteiger partial charge in [0.15, 0.2) is 0 Å². The molecule has 3 unspecified atom stereocenters. The van der Waals surface area contributed by atoms with E-state index in [1.165, 1.54) is 21.9 Å². The lowest BCUT2D eigenvalue weighted by Crippen LogP contribution is -2.49. The molecule has 176 valence electrons. The zero-order valence-electron chi connectivity index (χ0n) is 22.5. The average molecular weight is 466 g/mol. The molecule has 3 heterocycles. The minimum absolute atomic E-state index is 0.114. The molecule has 2 aromatic carbocycles. The van der Waals surface area contributed by atoms with Crippen LogP contribution in [0.4, 0.5) is 0 Å². The molecule has 3 atom stereocenters. The Kier molecular flexibility index (Phi) is 4.86. The summed E-state index contributed by atoms with van der Waals surface area (Å²) in [5.41, 5.74) is 1.86. The van der Waals surface area contributed by atoms with Gasteiger partial charge in [-0.15, -0.1) is 0 Å². The Morgan fingerprint density at radius 3 is 2.85 bits per heavy atom. The van der Waals surface area contributed by atoms with Crippen LogP contribution in [0.15, 0.2) is 54.7 Å². The number of nitrogens with zero attached hydrogens (tertiary/aromatic N) is 2. The van der Waals surface area contributed by atoms with Gasteiger partial charge in [-0.2, -0.15) is 0 Å². The van der Waals surface area contributed by atoms with Crippen molar-refractivity contribution in [2.24, 2.45) is 0 Å². The second kappa shape index (κ2) is 9.30. The van der Waals surface area contributed by atoms with Crippen LogP contribution in [0.1, 0.15) is 45.4 Å². The fourth-order valence-corrected chi connectivity index (χ4v) is 4.26. The Hall–Kier alpha value is -3.65. The van der Waals surface area contributed by atoms with Gasteiger partial charge in [0.2, 0.25) is 11.8 Å². The lowest BCUT2D eigenvalue weighted by Gasteiger charge is -2.31. The number of ether oxygens (including phenoxy) is 2. The second-order valence-electron chi connectivity index (χ2n) is 8.36. The van der Waals surface area contributed by atoms with Crippen molar-refractivity contribution in [2.45, 2.75) is 38.5 Å². The molecule has 3 aliphatic heterocycles. The molecule has 2 fully saturated rings. The molecule has 8 nitrogen and oxygen atoms in total. The van der Waals surface area contributed by atoms with Crippen LogP contribution >= 0.6 is 0 Å². The fraction of sp³-hybridized carbons (Fsp3) is 0.346. The maximum atomic E-state index is 13.1. The van der Waals surface area contributed by atoms with Crippen molar-refractivity contribution in [3.05, 3.63) is 76.9 Å². The minimum atomic E-state index is -1.38. The van der Waals surface area contributed by atoms with Crippen molar-refractivity contribution in [1.82, 2.24) is 15.1 Å². The van der Waals surface area contributed by atoms with Crippen LogP contribution in [-0.2, 0) is 34.0 Å². The molecule has 0 spiro atoms. The number of carbonyl (C=O) groups excluding carboxylic acids is 3. The Balaban J connectivity index is 1.35. The van der Waals surface area contributed by atoms with Gasteiger partial charge in [0, 0.05) is 29.9 Å². The third kappa shape index (κ3) is 4.41. The molecule has 2 aromatic rings. The van der Waals surface area contributed by atoms with Gasteiger partial charge in [-0.3, -0.25) is 14.4 Å².